The van der Waals surface area contributed by atoms with Gasteiger partial charge in [0, 0.05) is 17.9 Å². The first kappa shape index (κ1) is 19.5. The zero-order valence-electron chi connectivity index (χ0n) is 14.6. The number of Topliss-reactive ketones (excluding diaryl/α,β-unsaturated/α-hetero) is 1. The number of ketones is 1. The molecule has 142 valence electrons. The number of ether oxygens (including phenoxy) is 1. The molecule has 0 spiro atoms. The Morgan fingerprint density at radius 3 is 2.15 bits per heavy atom. The van der Waals surface area contributed by atoms with E-state index in [9.17, 15) is 22.0 Å². The van der Waals surface area contributed by atoms with Crippen LogP contribution in [0.2, 0.25) is 5.02 Å². The Balaban J connectivity index is 2.26. The van der Waals surface area contributed by atoms with Gasteiger partial charge in [0.15, 0.2) is 15.4 Å². The second-order valence-electron chi connectivity index (χ2n) is 6.72. The van der Waals surface area contributed by atoms with Gasteiger partial charge in [-0.2, -0.15) is 0 Å². The molecule has 0 aromatic heterocycles. The van der Waals surface area contributed by atoms with Gasteiger partial charge in [-0.15, -0.1) is 0 Å². The number of hydrogen-bond acceptors (Lipinski definition) is 4. The Hall–Kier alpha value is -2.25. The first-order valence-electron chi connectivity index (χ1n) is 7.85. The maximum atomic E-state index is 13.7. The van der Waals surface area contributed by atoms with Crippen LogP contribution in [0.4, 0.5) is 8.78 Å². The summed E-state index contributed by atoms with van der Waals surface area (Å²) in [6.07, 6.45) is 1.04. The van der Waals surface area contributed by atoms with Crippen LogP contribution in [0.5, 0.6) is 0 Å². The first-order chi connectivity index (χ1) is 12.4. The minimum Gasteiger partial charge on any atom is -0.478 e. The molecule has 1 heterocycles. The molecule has 2 aromatic carbocycles. The molecule has 0 fully saturated rings. The summed E-state index contributed by atoms with van der Waals surface area (Å²) in [4.78, 5) is 12.8. The van der Waals surface area contributed by atoms with Crippen molar-refractivity contribution in [1.82, 2.24) is 0 Å². The van der Waals surface area contributed by atoms with Crippen molar-refractivity contribution in [2.24, 2.45) is 0 Å². The average Bonchev–Trinajstić information content (AvgIpc) is 2.75. The van der Waals surface area contributed by atoms with Gasteiger partial charge >= 0.3 is 0 Å². The van der Waals surface area contributed by atoms with Crippen molar-refractivity contribution in [3.05, 3.63) is 64.2 Å². The van der Waals surface area contributed by atoms with E-state index in [0.29, 0.717) is 6.07 Å². The summed E-state index contributed by atoms with van der Waals surface area (Å²) < 4.78 is 56.5. The molecule has 4 nitrogen and oxygen atoms in total. The molecule has 1 aliphatic rings. The summed E-state index contributed by atoms with van der Waals surface area (Å²) >= 11 is 6.23. The van der Waals surface area contributed by atoms with Crippen LogP contribution >= 0.6 is 11.6 Å². The Morgan fingerprint density at radius 1 is 1.04 bits per heavy atom. The molecular weight excluding hydrogens is 398 g/mol. The summed E-state index contributed by atoms with van der Waals surface area (Å²) in [5, 5.41) is 0.0350. The minimum atomic E-state index is -3.48. The molecule has 2 aromatic rings. The number of rotatable bonds is 3. The van der Waals surface area contributed by atoms with Crippen LogP contribution < -0.4 is 0 Å². The second kappa shape index (κ2) is 6.42. The fourth-order valence-corrected chi connectivity index (χ4v) is 3.80. The van der Waals surface area contributed by atoms with Gasteiger partial charge in [0.25, 0.3) is 0 Å². The van der Waals surface area contributed by atoms with Gasteiger partial charge in [0.2, 0.25) is 5.78 Å². The molecule has 0 N–H and O–H groups in total. The van der Waals surface area contributed by atoms with Crippen molar-refractivity contribution in [3.8, 4) is 0 Å². The van der Waals surface area contributed by atoms with Crippen LogP contribution in [0.15, 0.2) is 41.3 Å². The van der Waals surface area contributed by atoms with Crippen molar-refractivity contribution >= 4 is 38.6 Å². The van der Waals surface area contributed by atoms with Gasteiger partial charge in [-0.1, -0.05) is 11.6 Å². The summed E-state index contributed by atoms with van der Waals surface area (Å²) in [6.45, 7) is 3.05. The van der Waals surface area contributed by atoms with Crippen molar-refractivity contribution in [3.63, 3.8) is 0 Å². The number of sulfone groups is 1. The average molecular weight is 413 g/mol. The molecule has 3 rings (SSSR count). The summed E-state index contributed by atoms with van der Waals surface area (Å²) in [7, 11) is -3.48. The molecule has 0 radical (unpaired) electrons. The lowest BCUT2D eigenvalue weighted by Gasteiger charge is -2.18. The molecule has 8 heteroatoms. The van der Waals surface area contributed by atoms with Crippen LogP contribution in [0.25, 0.3) is 11.3 Å². The van der Waals surface area contributed by atoms with E-state index in [1.54, 1.807) is 0 Å². The zero-order chi connectivity index (χ0) is 20.1. The third-order valence-electron chi connectivity index (χ3n) is 4.12. The lowest BCUT2D eigenvalue weighted by atomic mass is 9.92. The quantitative estimate of drug-likeness (QED) is 0.755. The highest BCUT2D eigenvalue weighted by Gasteiger charge is 2.43. The number of benzene rings is 2. The number of hydrogen-bond donors (Lipinski definition) is 0. The maximum Gasteiger partial charge on any atom is 0.210 e. The summed E-state index contributed by atoms with van der Waals surface area (Å²) in [5.41, 5.74) is -1.02. The van der Waals surface area contributed by atoms with Crippen molar-refractivity contribution in [2.45, 2.75) is 24.3 Å². The van der Waals surface area contributed by atoms with E-state index in [1.165, 1.54) is 32.0 Å². The van der Waals surface area contributed by atoms with E-state index in [-0.39, 0.29) is 32.4 Å². The third kappa shape index (κ3) is 3.61. The van der Waals surface area contributed by atoms with Crippen LogP contribution in [-0.4, -0.2) is 26.1 Å². The Kier molecular flexibility index (Phi) is 4.64. The predicted molar refractivity (Wildman–Crippen MR) is 97.9 cm³/mol. The fourth-order valence-electron chi connectivity index (χ4n) is 2.82. The maximum absolute atomic E-state index is 13.7. The molecule has 0 saturated carbocycles. The molecule has 0 aliphatic carbocycles. The third-order valence-corrected chi connectivity index (χ3v) is 5.55. The molecule has 0 saturated heterocycles. The molecule has 0 unspecified atom stereocenters. The Morgan fingerprint density at radius 2 is 1.63 bits per heavy atom. The highest BCUT2D eigenvalue weighted by molar-refractivity contribution is 7.90. The van der Waals surface area contributed by atoms with Crippen molar-refractivity contribution in [2.75, 3.05) is 6.26 Å². The topological polar surface area (TPSA) is 60.4 Å². The number of carbonyl (C=O) groups excluding carboxylic acids is 1. The van der Waals surface area contributed by atoms with Crippen molar-refractivity contribution < 1.29 is 26.7 Å². The highest BCUT2D eigenvalue weighted by atomic mass is 35.5. The van der Waals surface area contributed by atoms with E-state index in [2.05, 4.69) is 0 Å². The molecule has 0 amide bonds. The molecular formula is C19H15ClF2O4S. The van der Waals surface area contributed by atoms with Gasteiger partial charge in [0.05, 0.1) is 15.5 Å². The van der Waals surface area contributed by atoms with Gasteiger partial charge in [-0.05, 0) is 49.7 Å². The van der Waals surface area contributed by atoms with E-state index < -0.39 is 32.9 Å². The van der Waals surface area contributed by atoms with E-state index in [0.717, 1.165) is 18.4 Å². The zero-order valence-corrected chi connectivity index (χ0v) is 16.2. The lowest BCUT2D eigenvalue weighted by molar-refractivity contribution is -0.125. The fraction of sp³-hybridized carbons (Fsp3) is 0.211. The van der Waals surface area contributed by atoms with Gasteiger partial charge in [-0.25, -0.2) is 17.2 Å². The summed E-state index contributed by atoms with van der Waals surface area (Å²) in [6, 6.07) is 6.72. The van der Waals surface area contributed by atoms with Crippen LogP contribution in [-0.2, 0) is 19.4 Å². The second-order valence-corrected chi connectivity index (χ2v) is 9.14. The Labute approximate surface area is 160 Å². The summed E-state index contributed by atoms with van der Waals surface area (Å²) in [5.74, 6) is -2.11. The predicted octanol–water partition coefficient (Wildman–Crippen LogP) is 4.27. The minimum absolute atomic E-state index is 0.00113. The molecule has 0 bridgehead atoms. The largest absolute Gasteiger partial charge is 0.478 e. The molecule has 27 heavy (non-hydrogen) atoms. The van der Waals surface area contributed by atoms with Crippen LogP contribution in [0.1, 0.15) is 25.0 Å². The standard InChI is InChI=1S/C19H15ClF2O4S/c1-19(2)18(23)16(10-6-11(21)8-12(22)7-10)17(26-19)14-5-4-13(9-15(14)20)27(3,24)25/h4-9H,1-3H3. The smallest absolute Gasteiger partial charge is 0.210 e. The van der Waals surface area contributed by atoms with Gasteiger partial charge < -0.3 is 4.74 Å². The van der Waals surface area contributed by atoms with Crippen molar-refractivity contribution in [1.29, 1.82) is 0 Å². The number of carbonyl (C=O) groups is 1. The lowest BCUT2D eigenvalue weighted by Crippen LogP contribution is -2.29. The van der Waals surface area contributed by atoms with Gasteiger partial charge in [0.1, 0.15) is 17.4 Å². The normalized spacial score (nSPS) is 16.6. The van der Waals surface area contributed by atoms with Crippen LogP contribution in [0, 0.1) is 11.6 Å². The monoisotopic (exact) mass is 412 g/mol. The molecule has 0 atom stereocenters. The van der Waals surface area contributed by atoms with E-state index >= 15 is 0 Å². The van der Waals surface area contributed by atoms with Gasteiger partial charge in [-0.3, -0.25) is 4.79 Å². The first-order valence-corrected chi connectivity index (χ1v) is 10.1. The van der Waals surface area contributed by atoms with E-state index in [1.807, 2.05) is 0 Å². The van der Waals surface area contributed by atoms with Crippen LogP contribution in [0.3, 0.4) is 0 Å². The molecule has 1 aliphatic heterocycles. The highest BCUT2D eigenvalue weighted by Crippen LogP contribution is 2.43. The Bertz CT molecular complexity index is 1080. The SMILES string of the molecule is CC1(C)OC(c2ccc(S(C)(=O)=O)cc2Cl)=C(c2cc(F)cc(F)c2)C1=O. The van der Waals surface area contributed by atoms with E-state index in [4.69, 9.17) is 16.3 Å². The number of halogens is 3.